The molecule has 0 bridgehead atoms. The number of carbonyl (C=O) groups is 2. The molecule has 0 radical (unpaired) electrons. The summed E-state index contributed by atoms with van der Waals surface area (Å²) in [7, 11) is 1.56. The summed E-state index contributed by atoms with van der Waals surface area (Å²) in [6.45, 7) is -0.271. The van der Waals surface area contributed by atoms with E-state index in [4.69, 9.17) is 9.47 Å². The fourth-order valence-electron chi connectivity index (χ4n) is 2.67. The maximum atomic E-state index is 12.1. The highest BCUT2D eigenvalue weighted by Gasteiger charge is 2.11. The lowest BCUT2D eigenvalue weighted by atomic mass is 10.0. The minimum absolute atomic E-state index is 0.130. The van der Waals surface area contributed by atoms with E-state index < -0.39 is 5.97 Å². The summed E-state index contributed by atoms with van der Waals surface area (Å²) in [4.78, 5) is 24.1. The minimum Gasteiger partial charge on any atom is -0.497 e. The van der Waals surface area contributed by atoms with Crippen LogP contribution in [0, 0.1) is 0 Å². The normalized spacial score (nSPS) is 10.3. The zero-order valence-corrected chi connectivity index (χ0v) is 15.1. The van der Waals surface area contributed by atoms with E-state index in [1.165, 1.54) is 0 Å². The van der Waals surface area contributed by atoms with Gasteiger partial charge in [-0.3, -0.25) is 9.59 Å². The maximum Gasteiger partial charge on any atom is 0.310 e. The highest BCUT2D eigenvalue weighted by molar-refractivity contribution is 5.98. The number of Topliss-reactive ketones (excluding diaryl/α,β-unsaturated/α-hetero) is 1. The van der Waals surface area contributed by atoms with Crippen LogP contribution < -0.4 is 4.74 Å². The third-order valence-corrected chi connectivity index (χ3v) is 4.19. The predicted octanol–water partition coefficient (Wildman–Crippen LogP) is 4.33. The number of ether oxygens (including phenoxy) is 2. The Morgan fingerprint density at radius 1 is 0.778 bits per heavy atom. The zero-order chi connectivity index (χ0) is 19.1. The monoisotopic (exact) mass is 360 g/mol. The summed E-state index contributed by atoms with van der Waals surface area (Å²) >= 11 is 0. The molecule has 0 aliphatic carbocycles. The van der Waals surface area contributed by atoms with Gasteiger partial charge >= 0.3 is 5.97 Å². The van der Waals surface area contributed by atoms with E-state index in [0.29, 0.717) is 11.3 Å². The first-order valence-electron chi connectivity index (χ1n) is 8.63. The van der Waals surface area contributed by atoms with E-state index in [1.807, 2.05) is 54.6 Å². The van der Waals surface area contributed by atoms with Crippen molar-refractivity contribution in [1.82, 2.24) is 0 Å². The van der Waals surface area contributed by atoms with Crippen LogP contribution in [-0.4, -0.2) is 25.5 Å². The van der Waals surface area contributed by atoms with Crippen LogP contribution in [0.3, 0.4) is 0 Å². The van der Waals surface area contributed by atoms with Crippen molar-refractivity contribution in [1.29, 1.82) is 0 Å². The molecule has 0 saturated carbocycles. The van der Waals surface area contributed by atoms with Crippen LogP contribution in [0.2, 0.25) is 0 Å². The molecule has 0 spiro atoms. The largest absolute Gasteiger partial charge is 0.497 e. The van der Waals surface area contributed by atoms with E-state index in [2.05, 4.69) is 0 Å². The van der Waals surface area contributed by atoms with Crippen LogP contribution in [0.1, 0.15) is 15.9 Å². The molecule has 0 saturated heterocycles. The molecule has 0 aromatic heterocycles. The zero-order valence-electron chi connectivity index (χ0n) is 15.1. The van der Waals surface area contributed by atoms with Gasteiger partial charge in [-0.15, -0.1) is 0 Å². The average molecular weight is 360 g/mol. The third-order valence-electron chi connectivity index (χ3n) is 4.19. The van der Waals surface area contributed by atoms with Crippen LogP contribution in [0.15, 0.2) is 78.9 Å². The molecule has 0 aliphatic heterocycles. The summed E-state index contributed by atoms with van der Waals surface area (Å²) in [5, 5.41) is 0. The second kappa shape index (κ2) is 8.81. The first-order chi connectivity index (χ1) is 13.2. The standard InChI is InChI=1S/C23H20O4/c1-26-21-13-11-20(12-14-21)22(24)16-27-23(25)15-17-7-9-19(10-8-17)18-5-3-2-4-6-18/h2-14H,15-16H2,1H3. The van der Waals surface area contributed by atoms with Gasteiger partial charge in [0.1, 0.15) is 5.75 Å². The van der Waals surface area contributed by atoms with Gasteiger partial charge < -0.3 is 9.47 Å². The van der Waals surface area contributed by atoms with Crippen molar-refractivity contribution in [3.8, 4) is 16.9 Å². The topological polar surface area (TPSA) is 52.6 Å². The van der Waals surface area contributed by atoms with Gasteiger partial charge in [-0.25, -0.2) is 0 Å². The van der Waals surface area contributed by atoms with Gasteiger partial charge in [0, 0.05) is 5.56 Å². The number of esters is 1. The molecular weight excluding hydrogens is 340 g/mol. The smallest absolute Gasteiger partial charge is 0.310 e. The van der Waals surface area contributed by atoms with E-state index in [1.54, 1.807) is 31.4 Å². The third kappa shape index (κ3) is 5.05. The molecule has 4 nitrogen and oxygen atoms in total. The molecule has 4 heteroatoms. The first-order valence-corrected chi connectivity index (χ1v) is 8.63. The van der Waals surface area contributed by atoms with Crippen LogP contribution in [0.25, 0.3) is 11.1 Å². The average Bonchev–Trinajstić information content (AvgIpc) is 2.73. The Hall–Kier alpha value is -3.40. The first kappa shape index (κ1) is 18.4. The number of hydrogen-bond donors (Lipinski definition) is 0. The lowest BCUT2D eigenvalue weighted by Gasteiger charge is -2.06. The van der Waals surface area contributed by atoms with Crippen molar-refractivity contribution in [2.24, 2.45) is 0 Å². The molecule has 0 fully saturated rings. The second-order valence-corrected chi connectivity index (χ2v) is 6.05. The van der Waals surface area contributed by atoms with Crippen molar-refractivity contribution < 1.29 is 19.1 Å². The van der Waals surface area contributed by atoms with Crippen molar-refractivity contribution in [3.05, 3.63) is 90.0 Å². The second-order valence-electron chi connectivity index (χ2n) is 6.05. The Labute approximate surface area is 158 Å². The Balaban J connectivity index is 1.52. The van der Waals surface area contributed by atoms with E-state index in [0.717, 1.165) is 16.7 Å². The molecule has 3 rings (SSSR count). The Morgan fingerprint density at radius 3 is 2.04 bits per heavy atom. The van der Waals surface area contributed by atoms with Gasteiger partial charge in [-0.2, -0.15) is 0 Å². The minimum atomic E-state index is -0.427. The van der Waals surface area contributed by atoms with Crippen molar-refractivity contribution in [2.75, 3.05) is 13.7 Å². The number of rotatable bonds is 7. The summed E-state index contributed by atoms with van der Waals surface area (Å²) in [6, 6.07) is 24.5. The lowest BCUT2D eigenvalue weighted by Crippen LogP contribution is -2.15. The maximum absolute atomic E-state index is 12.1. The number of methoxy groups -OCH3 is 1. The Kier molecular flexibility index (Phi) is 6.00. The van der Waals surface area contributed by atoms with Gasteiger partial charge in [0.2, 0.25) is 0 Å². The van der Waals surface area contributed by atoms with Gasteiger partial charge in [0.25, 0.3) is 0 Å². The van der Waals surface area contributed by atoms with Crippen molar-refractivity contribution in [3.63, 3.8) is 0 Å². The van der Waals surface area contributed by atoms with Gasteiger partial charge in [0.15, 0.2) is 12.4 Å². The van der Waals surface area contributed by atoms with Crippen LogP contribution in [0.5, 0.6) is 5.75 Å². The van der Waals surface area contributed by atoms with Crippen LogP contribution >= 0.6 is 0 Å². The van der Waals surface area contributed by atoms with E-state index in [9.17, 15) is 9.59 Å². The summed E-state index contributed by atoms with van der Waals surface area (Å²) in [5.41, 5.74) is 3.53. The molecule has 0 aliphatic rings. The van der Waals surface area contributed by atoms with Crippen molar-refractivity contribution >= 4 is 11.8 Å². The molecule has 0 unspecified atom stereocenters. The number of ketones is 1. The van der Waals surface area contributed by atoms with Gasteiger partial charge in [-0.05, 0) is 41.0 Å². The number of hydrogen-bond acceptors (Lipinski definition) is 4. The highest BCUT2D eigenvalue weighted by atomic mass is 16.5. The molecule has 0 heterocycles. The molecule has 3 aromatic carbocycles. The molecule has 27 heavy (non-hydrogen) atoms. The molecule has 136 valence electrons. The quantitative estimate of drug-likeness (QED) is 0.465. The summed E-state index contributed by atoms with van der Waals surface area (Å²) in [6.07, 6.45) is 0.130. The number of carbonyl (C=O) groups excluding carboxylic acids is 2. The van der Waals surface area contributed by atoms with Gasteiger partial charge in [-0.1, -0.05) is 54.6 Å². The van der Waals surface area contributed by atoms with Crippen LogP contribution in [0.4, 0.5) is 0 Å². The molecule has 0 atom stereocenters. The molecule has 3 aromatic rings. The fourth-order valence-corrected chi connectivity index (χ4v) is 2.67. The lowest BCUT2D eigenvalue weighted by molar-refractivity contribution is -0.141. The van der Waals surface area contributed by atoms with Crippen LogP contribution in [-0.2, 0) is 16.0 Å². The number of benzene rings is 3. The molecule has 0 N–H and O–H groups in total. The molecular formula is C23H20O4. The summed E-state index contributed by atoms with van der Waals surface area (Å²) < 4.78 is 10.2. The Morgan fingerprint density at radius 2 is 1.41 bits per heavy atom. The molecule has 0 amide bonds. The van der Waals surface area contributed by atoms with Crippen molar-refractivity contribution in [2.45, 2.75) is 6.42 Å². The van der Waals surface area contributed by atoms with E-state index in [-0.39, 0.29) is 18.8 Å². The summed E-state index contributed by atoms with van der Waals surface area (Å²) in [5.74, 6) is -0.00255. The van der Waals surface area contributed by atoms with E-state index >= 15 is 0 Å². The Bertz CT molecular complexity index is 897. The van der Waals surface area contributed by atoms with Gasteiger partial charge in [0.05, 0.1) is 13.5 Å². The SMILES string of the molecule is COc1ccc(C(=O)COC(=O)Cc2ccc(-c3ccccc3)cc2)cc1. The highest BCUT2D eigenvalue weighted by Crippen LogP contribution is 2.19. The fraction of sp³-hybridized carbons (Fsp3) is 0.130. The predicted molar refractivity (Wildman–Crippen MR) is 104 cm³/mol.